The van der Waals surface area contributed by atoms with Gasteiger partial charge in [0.25, 0.3) is 0 Å². The minimum absolute atomic E-state index is 0.0137. The van der Waals surface area contributed by atoms with Gasteiger partial charge in [-0.3, -0.25) is 9.59 Å². The van der Waals surface area contributed by atoms with Gasteiger partial charge in [-0.05, 0) is 67.3 Å². The number of hydrogen-bond acceptors (Lipinski definition) is 7. The molecule has 1 N–H and O–H groups in total. The Balaban J connectivity index is 1.64. The second-order valence-corrected chi connectivity index (χ2v) is 11.0. The number of amides is 2. The van der Waals surface area contributed by atoms with Crippen molar-refractivity contribution in [3.8, 4) is 17.2 Å². The molecule has 0 bridgehead atoms. The molecule has 1 aliphatic rings. The number of carbonyl (C=O) groups excluding carboxylic acids is 2. The standard InChI is InChI=1S/C33H38FN5O5/c1-21(39-27-13-9-8-12-26(27)36-37-39)33(41)38(20-22-14-16-24(34)17-15-22)30(32(40)35-25-10-6-5-7-11-25)23-18-28(42-2)31(44-4)29(19-23)43-3/h8-9,12-19,21,25,30H,5-7,10-11,20H2,1-4H3,(H,35,40)/t21-,30-/m0/s1. The maximum Gasteiger partial charge on any atom is 0.248 e. The topological polar surface area (TPSA) is 108 Å². The Bertz CT molecular complexity index is 1580. The van der Waals surface area contributed by atoms with E-state index in [0.717, 1.165) is 32.1 Å². The quantitative estimate of drug-likeness (QED) is 0.245. The second kappa shape index (κ2) is 13.7. The van der Waals surface area contributed by atoms with Gasteiger partial charge in [-0.1, -0.05) is 48.7 Å². The maximum atomic E-state index is 14.6. The third-order valence-electron chi connectivity index (χ3n) is 8.17. The van der Waals surface area contributed by atoms with Crippen molar-refractivity contribution in [2.75, 3.05) is 21.3 Å². The summed E-state index contributed by atoms with van der Waals surface area (Å²) in [6.45, 7) is 1.75. The fourth-order valence-corrected chi connectivity index (χ4v) is 5.86. The van der Waals surface area contributed by atoms with Crippen LogP contribution in [0, 0.1) is 5.82 Å². The summed E-state index contributed by atoms with van der Waals surface area (Å²) in [4.78, 5) is 30.5. The van der Waals surface area contributed by atoms with Gasteiger partial charge in [0, 0.05) is 12.6 Å². The number of para-hydroxylation sites is 1. The number of nitrogens with one attached hydrogen (secondary N) is 1. The van der Waals surface area contributed by atoms with Crippen LogP contribution >= 0.6 is 0 Å². The Morgan fingerprint density at radius 1 is 0.977 bits per heavy atom. The molecule has 0 spiro atoms. The largest absolute Gasteiger partial charge is 0.493 e. The fourth-order valence-electron chi connectivity index (χ4n) is 5.86. The summed E-state index contributed by atoms with van der Waals surface area (Å²) in [6, 6.07) is 14.7. The first kappa shape index (κ1) is 30.8. The lowest BCUT2D eigenvalue weighted by atomic mass is 9.94. The zero-order chi connectivity index (χ0) is 31.2. The minimum Gasteiger partial charge on any atom is -0.493 e. The molecule has 1 aliphatic carbocycles. The minimum atomic E-state index is -1.10. The van der Waals surface area contributed by atoms with E-state index in [2.05, 4.69) is 15.6 Å². The molecule has 3 aromatic carbocycles. The first-order valence-corrected chi connectivity index (χ1v) is 14.8. The zero-order valence-corrected chi connectivity index (χ0v) is 25.5. The Morgan fingerprint density at radius 3 is 2.27 bits per heavy atom. The summed E-state index contributed by atoms with van der Waals surface area (Å²) in [7, 11) is 4.50. The summed E-state index contributed by atoms with van der Waals surface area (Å²) in [5, 5.41) is 11.7. The number of ether oxygens (including phenoxy) is 3. The smallest absolute Gasteiger partial charge is 0.248 e. The third-order valence-corrected chi connectivity index (χ3v) is 8.17. The molecule has 1 saturated carbocycles. The van der Waals surface area contributed by atoms with E-state index in [4.69, 9.17) is 14.2 Å². The van der Waals surface area contributed by atoms with Crippen LogP contribution in [0.3, 0.4) is 0 Å². The predicted octanol–water partition coefficient (Wildman–Crippen LogP) is 5.38. The fraction of sp³-hybridized carbons (Fsp3) is 0.394. The van der Waals surface area contributed by atoms with Crippen LogP contribution in [0.5, 0.6) is 17.2 Å². The average Bonchev–Trinajstić information content (AvgIpc) is 3.49. The molecular formula is C33H38FN5O5. The van der Waals surface area contributed by atoms with E-state index in [1.54, 1.807) is 35.9 Å². The maximum absolute atomic E-state index is 14.6. The number of rotatable bonds is 11. The molecular weight excluding hydrogens is 565 g/mol. The molecule has 10 nitrogen and oxygen atoms in total. The van der Waals surface area contributed by atoms with Gasteiger partial charge in [0.15, 0.2) is 11.5 Å². The summed E-state index contributed by atoms with van der Waals surface area (Å²) in [6.07, 6.45) is 4.89. The lowest BCUT2D eigenvalue weighted by Crippen LogP contribution is -2.48. The number of methoxy groups -OCH3 is 3. The molecule has 2 atom stereocenters. The zero-order valence-electron chi connectivity index (χ0n) is 25.5. The van der Waals surface area contributed by atoms with Crippen molar-refractivity contribution in [3.05, 3.63) is 77.6 Å². The Hall–Kier alpha value is -4.67. The number of aromatic nitrogens is 3. The van der Waals surface area contributed by atoms with E-state index < -0.39 is 17.9 Å². The molecule has 0 unspecified atom stereocenters. The van der Waals surface area contributed by atoms with Crippen LogP contribution in [0.1, 0.15) is 62.2 Å². The highest BCUT2D eigenvalue weighted by Crippen LogP contribution is 2.41. The van der Waals surface area contributed by atoms with E-state index >= 15 is 0 Å². The number of carbonyl (C=O) groups is 2. The molecule has 1 aromatic heterocycles. The van der Waals surface area contributed by atoms with Crippen molar-refractivity contribution in [2.45, 2.75) is 63.7 Å². The van der Waals surface area contributed by atoms with Gasteiger partial charge in [0.1, 0.15) is 23.4 Å². The van der Waals surface area contributed by atoms with Crippen molar-refractivity contribution in [2.24, 2.45) is 0 Å². The molecule has 0 radical (unpaired) electrons. The number of nitrogens with zero attached hydrogens (tertiary/aromatic N) is 4. The molecule has 1 heterocycles. The molecule has 1 fully saturated rings. The summed E-state index contributed by atoms with van der Waals surface area (Å²) in [5.74, 6) is -0.0437. The predicted molar refractivity (Wildman–Crippen MR) is 163 cm³/mol. The number of fused-ring (bicyclic) bond motifs is 1. The average molecular weight is 604 g/mol. The van der Waals surface area contributed by atoms with Crippen LogP contribution in [0.2, 0.25) is 0 Å². The van der Waals surface area contributed by atoms with Gasteiger partial charge in [-0.2, -0.15) is 0 Å². The van der Waals surface area contributed by atoms with E-state index in [-0.39, 0.29) is 24.4 Å². The van der Waals surface area contributed by atoms with Gasteiger partial charge < -0.3 is 24.4 Å². The SMILES string of the molecule is COc1cc([C@@H](C(=O)NC2CCCCC2)N(Cc2ccc(F)cc2)C(=O)[C@H](C)n2nnc3ccccc32)cc(OC)c1OC. The van der Waals surface area contributed by atoms with Crippen molar-refractivity contribution in [1.82, 2.24) is 25.2 Å². The Kier molecular flexibility index (Phi) is 9.62. The molecule has 44 heavy (non-hydrogen) atoms. The third kappa shape index (κ3) is 6.46. The van der Waals surface area contributed by atoms with Crippen LogP contribution in [-0.2, 0) is 16.1 Å². The lowest BCUT2D eigenvalue weighted by Gasteiger charge is -2.35. The molecule has 5 rings (SSSR count). The molecule has 232 valence electrons. The summed E-state index contributed by atoms with van der Waals surface area (Å²) >= 11 is 0. The number of halogens is 1. The highest BCUT2D eigenvalue weighted by atomic mass is 19.1. The highest BCUT2D eigenvalue weighted by molar-refractivity contribution is 5.91. The summed E-state index contributed by atoms with van der Waals surface area (Å²) < 4.78 is 32.2. The monoisotopic (exact) mass is 603 g/mol. The van der Waals surface area contributed by atoms with Gasteiger partial charge in [0.2, 0.25) is 17.6 Å². The molecule has 4 aromatic rings. The first-order valence-electron chi connectivity index (χ1n) is 14.8. The molecule has 0 aliphatic heterocycles. The molecule has 0 saturated heterocycles. The van der Waals surface area contributed by atoms with Crippen molar-refractivity contribution in [3.63, 3.8) is 0 Å². The number of hydrogen-bond donors (Lipinski definition) is 1. The van der Waals surface area contributed by atoms with Crippen molar-refractivity contribution < 1.29 is 28.2 Å². The van der Waals surface area contributed by atoms with Crippen LogP contribution in [0.4, 0.5) is 4.39 Å². The van der Waals surface area contributed by atoms with Gasteiger partial charge >= 0.3 is 0 Å². The van der Waals surface area contributed by atoms with Crippen LogP contribution < -0.4 is 19.5 Å². The van der Waals surface area contributed by atoms with E-state index in [1.165, 1.54) is 38.4 Å². The highest BCUT2D eigenvalue weighted by Gasteiger charge is 2.37. The van der Waals surface area contributed by atoms with Crippen LogP contribution in [0.15, 0.2) is 60.7 Å². The van der Waals surface area contributed by atoms with E-state index in [1.807, 2.05) is 24.3 Å². The van der Waals surface area contributed by atoms with Crippen LogP contribution in [0.25, 0.3) is 11.0 Å². The molecule has 11 heteroatoms. The Labute approximate surface area is 256 Å². The lowest BCUT2D eigenvalue weighted by molar-refractivity contribution is -0.144. The van der Waals surface area contributed by atoms with E-state index in [9.17, 15) is 14.0 Å². The second-order valence-electron chi connectivity index (χ2n) is 11.0. The first-order chi connectivity index (χ1) is 21.3. The normalized spacial score (nSPS) is 14.9. The van der Waals surface area contributed by atoms with E-state index in [0.29, 0.717) is 39.4 Å². The van der Waals surface area contributed by atoms with Crippen molar-refractivity contribution in [1.29, 1.82) is 0 Å². The van der Waals surface area contributed by atoms with Crippen LogP contribution in [-0.4, -0.2) is 59.1 Å². The van der Waals surface area contributed by atoms with Gasteiger partial charge in [-0.15, -0.1) is 5.10 Å². The van der Waals surface area contributed by atoms with Gasteiger partial charge in [0.05, 0.1) is 26.8 Å². The van der Waals surface area contributed by atoms with Crippen molar-refractivity contribution >= 4 is 22.8 Å². The molecule has 2 amide bonds. The van der Waals surface area contributed by atoms with Gasteiger partial charge in [-0.25, -0.2) is 9.07 Å². The number of benzene rings is 3. The summed E-state index contributed by atoms with van der Waals surface area (Å²) in [5.41, 5.74) is 2.46. The Morgan fingerprint density at radius 2 is 1.64 bits per heavy atom.